The van der Waals surface area contributed by atoms with E-state index in [-0.39, 0.29) is 18.5 Å². The summed E-state index contributed by atoms with van der Waals surface area (Å²) in [7, 11) is -3.79. The Morgan fingerprint density at radius 3 is 2.23 bits per heavy atom. The molecule has 0 spiro atoms. The second kappa shape index (κ2) is 11.6. The summed E-state index contributed by atoms with van der Waals surface area (Å²) >= 11 is 12.7. The number of rotatable bonds is 9. The van der Waals surface area contributed by atoms with Gasteiger partial charge in [0.15, 0.2) is 0 Å². The SMILES string of the molecule is Cc1ccccc1N(CC(=O)N(Cc1c(Cl)cccc1Cl)C(C)C(=O)NC1CCCC1)S(C)(=O)=O. The normalized spacial score (nSPS) is 15.0. The van der Waals surface area contributed by atoms with E-state index in [1.165, 1.54) is 4.90 Å². The molecule has 1 atom stereocenters. The van der Waals surface area contributed by atoms with Gasteiger partial charge >= 0.3 is 0 Å². The summed E-state index contributed by atoms with van der Waals surface area (Å²) < 4.78 is 26.4. The van der Waals surface area contributed by atoms with Gasteiger partial charge in [0.25, 0.3) is 0 Å². The Bertz CT molecular complexity index is 1160. The van der Waals surface area contributed by atoms with Gasteiger partial charge < -0.3 is 10.2 Å². The molecule has 2 aromatic carbocycles. The fourth-order valence-electron chi connectivity index (χ4n) is 4.27. The minimum absolute atomic E-state index is 0.0397. The number of anilines is 1. The topological polar surface area (TPSA) is 86.8 Å². The van der Waals surface area contributed by atoms with E-state index >= 15 is 0 Å². The number of carbonyl (C=O) groups excluding carboxylic acids is 2. The van der Waals surface area contributed by atoms with Crippen molar-refractivity contribution in [2.24, 2.45) is 0 Å². The molecule has 1 aliphatic carbocycles. The van der Waals surface area contributed by atoms with Crippen molar-refractivity contribution in [3.05, 3.63) is 63.6 Å². The first-order valence-electron chi connectivity index (χ1n) is 11.5. The van der Waals surface area contributed by atoms with E-state index in [1.807, 2.05) is 0 Å². The fourth-order valence-corrected chi connectivity index (χ4v) is 5.69. The van der Waals surface area contributed by atoms with Crippen LogP contribution in [0.5, 0.6) is 0 Å². The van der Waals surface area contributed by atoms with Crippen LogP contribution < -0.4 is 9.62 Å². The first-order valence-corrected chi connectivity index (χ1v) is 14.2. The summed E-state index contributed by atoms with van der Waals surface area (Å²) in [6.45, 7) is 2.90. The molecule has 1 aliphatic rings. The Morgan fingerprint density at radius 1 is 1.06 bits per heavy atom. The summed E-state index contributed by atoms with van der Waals surface area (Å²) in [5.41, 5.74) is 1.60. The van der Waals surface area contributed by atoms with E-state index in [4.69, 9.17) is 23.2 Å². The summed E-state index contributed by atoms with van der Waals surface area (Å²) in [5.74, 6) is -0.834. The zero-order valence-electron chi connectivity index (χ0n) is 20.1. The Labute approximate surface area is 217 Å². The van der Waals surface area contributed by atoms with Crippen LogP contribution in [0.2, 0.25) is 10.0 Å². The van der Waals surface area contributed by atoms with Gasteiger partial charge in [-0.15, -0.1) is 0 Å². The molecule has 10 heteroatoms. The second-order valence-corrected chi connectivity index (χ2v) is 11.7. The van der Waals surface area contributed by atoms with Gasteiger partial charge in [-0.05, 0) is 50.5 Å². The highest BCUT2D eigenvalue weighted by Gasteiger charge is 2.32. The van der Waals surface area contributed by atoms with E-state index in [0.29, 0.717) is 26.9 Å². The van der Waals surface area contributed by atoms with E-state index in [2.05, 4.69) is 5.32 Å². The molecule has 2 aromatic rings. The Balaban J connectivity index is 1.93. The van der Waals surface area contributed by atoms with Gasteiger partial charge in [0, 0.05) is 28.2 Å². The van der Waals surface area contributed by atoms with Crippen molar-refractivity contribution in [3.8, 4) is 0 Å². The molecule has 1 N–H and O–H groups in total. The minimum atomic E-state index is -3.79. The van der Waals surface area contributed by atoms with Crippen molar-refractivity contribution in [1.29, 1.82) is 0 Å². The lowest BCUT2D eigenvalue weighted by Gasteiger charge is -2.32. The van der Waals surface area contributed by atoms with Crippen molar-refractivity contribution >= 4 is 50.7 Å². The van der Waals surface area contributed by atoms with E-state index in [1.54, 1.807) is 56.3 Å². The summed E-state index contributed by atoms with van der Waals surface area (Å²) in [6.07, 6.45) is 4.96. The number of aryl methyl sites for hydroxylation is 1. The van der Waals surface area contributed by atoms with Crippen LogP contribution in [0.1, 0.15) is 43.7 Å². The van der Waals surface area contributed by atoms with Crippen LogP contribution in [0.4, 0.5) is 5.69 Å². The Kier molecular flexibility index (Phi) is 9.07. The van der Waals surface area contributed by atoms with Crippen LogP contribution in [-0.2, 0) is 26.2 Å². The lowest BCUT2D eigenvalue weighted by Crippen LogP contribution is -2.52. The molecule has 7 nitrogen and oxygen atoms in total. The van der Waals surface area contributed by atoms with Crippen molar-refractivity contribution < 1.29 is 18.0 Å². The maximum absolute atomic E-state index is 13.6. The van der Waals surface area contributed by atoms with Crippen molar-refractivity contribution in [2.75, 3.05) is 17.1 Å². The third-order valence-electron chi connectivity index (χ3n) is 6.32. The second-order valence-electron chi connectivity index (χ2n) is 8.94. The number of benzene rings is 2. The van der Waals surface area contributed by atoms with Gasteiger partial charge in [-0.3, -0.25) is 13.9 Å². The lowest BCUT2D eigenvalue weighted by atomic mass is 10.1. The quantitative estimate of drug-likeness (QED) is 0.506. The van der Waals surface area contributed by atoms with Gasteiger partial charge in [-0.1, -0.05) is 60.3 Å². The number of nitrogens with zero attached hydrogens (tertiary/aromatic N) is 2. The maximum atomic E-state index is 13.6. The predicted molar refractivity (Wildman–Crippen MR) is 140 cm³/mol. The van der Waals surface area contributed by atoms with E-state index in [9.17, 15) is 18.0 Å². The third-order valence-corrected chi connectivity index (χ3v) is 8.16. The van der Waals surface area contributed by atoms with Crippen molar-refractivity contribution in [3.63, 3.8) is 0 Å². The largest absolute Gasteiger partial charge is 0.352 e. The van der Waals surface area contributed by atoms with Crippen LogP contribution in [-0.4, -0.2) is 50.0 Å². The highest BCUT2D eigenvalue weighted by Crippen LogP contribution is 2.28. The van der Waals surface area contributed by atoms with Gasteiger partial charge in [0.1, 0.15) is 12.6 Å². The maximum Gasteiger partial charge on any atom is 0.244 e. The monoisotopic (exact) mass is 539 g/mol. The smallest absolute Gasteiger partial charge is 0.244 e. The summed E-state index contributed by atoms with van der Waals surface area (Å²) in [6, 6.07) is 11.1. The number of carbonyl (C=O) groups is 2. The summed E-state index contributed by atoms with van der Waals surface area (Å²) in [4.78, 5) is 28.1. The molecule has 0 heterocycles. The molecule has 1 fully saturated rings. The summed E-state index contributed by atoms with van der Waals surface area (Å²) in [5, 5.41) is 3.74. The molecule has 2 amide bonds. The molecular weight excluding hydrogens is 509 g/mol. The molecule has 0 radical (unpaired) electrons. The number of sulfonamides is 1. The minimum Gasteiger partial charge on any atom is -0.352 e. The molecule has 190 valence electrons. The van der Waals surface area contributed by atoms with Crippen LogP contribution in [0, 0.1) is 6.92 Å². The van der Waals surface area contributed by atoms with E-state index in [0.717, 1.165) is 36.2 Å². The number of nitrogens with one attached hydrogen (secondary N) is 1. The molecule has 0 aromatic heterocycles. The van der Waals surface area contributed by atoms with Crippen LogP contribution in [0.3, 0.4) is 0 Å². The van der Waals surface area contributed by atoms with Gasteiger partial charge in [-0.25, -0.2) is 8.42 Å². The third kappa shape index (κ3) is 6.90. The highest BCUT2D eigenvalue weighted by molar-refractivity contribution is 7.92. The lowest BCUT2D eigenvalue weighted by molar-refractivity contribution is -0.139. The molecule has 1 saturated carbocycles. The molecule has 1 unspecified atom stereocenters. The zero-order valence-corrected chi connectivity index (χ0v) is 22.5. The number of para-hydroxylation sites is 1. The number of halogens is 2. The first-order chi connectivity index (χ1) is 16.5. The average Bonchev–Trinajstić information content (AvgIpc) is 3.29. The van der Waals surface area contributed by atoms with Crippen molar-refractivity contribution in [2.45, 2.75) is 58.2 Å². The molecule has 0 saturated heterocycles. The number of hydrogen-bond donors (Lipinski definition) is 1. The molecule has 3 rings (SSSR count). The first kappa shape index (κ1) is 27.3. The standard InChI is InChI=1S/C25H31Cl2N3O4S/c1-17-9-4-7-14-23(17)30(35(3,33)34)16-24(31)29(15-20-21(26)12-8-13-22(20)27)18(2)25(32)28-19-10-5-6-11-19/h4,7-9,12-14,18-19H,5-6,10-11,15-16H2,1-3H3,(H,28,32). The molecule has 0 aliphatic heterocycles. The molecule has 35 heavy (non-hydrogen) atoms. The van der Waals surface area contributed by atoms with Crippen LogP contribution in [0.15, 0.2) is 42.5 Å². The van der Waals surface area contributed by atoms with Gasteiger partial charge in [0.2, 0.25) is 21.8 Å². The highest BCUT2D eigenvalue weighted by atomic mass is 35.5. The van der Waals surface area contributed by atoms with Crippen LogP contribution >= 0.6 is 23.2 Å². The Morgan fingerprint density at radius 2 is 1.66 bits per heavy atom. The van der Waals surface area contributed by atoms with Crippen molar-refractivity contribution in [1.82, 2.24) is 10.2 Å². The number of hydrogen-bond acceptors (Lipinski definition) is 4. The predicted octanol–water partition coefficient (Wildman–Crippen LogP) is 4.54. The Hall–Kier alpha value is -2.29. The molecular formula is C25H31Cl2N3O4S. The molecule has 0 bridgehead atoms. The van der Waals surface area contributed by atoms with Gasteiger partial charge in [0.05, 0.1) is 11.9 Å². The average molecular weight is 541 g/mol. The van der Waals surface area contributed by atoms with Crippen LogP contribution in [0.25, 0.3) is 0 Å². The number of amides is 2. The zero-order chi connectivity index (χ0) is 25.8. The van der Waals surface area contributed by atoms with Gasteiger partial charge in [-0.2, -0.15) is 0 Å². The van der Waals surface area contributed by atoms with E-state index < -0.39 is 28.5 Å². The fraction of sp³-hybridized carbons (Fsp3) is 0.440.